The van der Waals surface area contributed by atoms with E-state index in [0.717, 1.165) is 24.3 Å². The van der Waals surface area contributed by atoms with Gasteiger partial charge in [0.05, 0.1) is 11.1 Å². The second kappa shape index (κ2) is 5.09. The van der Waals surface area contributed by atoms with Crippen LogP contribution in [0.4, 0.5) is 13.2 Å². The SMILES string of the molecule is O=C(Oc1ccncc1)c1ccc(C(F)(F)F)cc1. The standard InChI is InChI=1S/C13H8F3NO2/c14-13(15,16)10-3-1-9(2-4-10)12(18)19-11-5-7-17-8-6-11/h1-8H. The molecule has 0 fully saturated rings. The summed E-state index contributed by atoms with van der Waals surface area (Å²) in [6.07, 6.45) is -1.54. The molecule has 1 aromatic heterocycles. The molecule has 0 bridgehead atoms. The number of ether oxygens (including phenoxy) is 1. The number of carbonyl (C=O) groups is 1. The van der Waals surface area contributed by atoms with Crippen LogP contribution in [-0.4, -0.2) is 11.0 Å². The minimum atomic E-state index is -4.42. The summed E-state index contributed by atoms with van der Waals surface area (Å²) in [4.78, 5) is 15.4. The van der Waals surface area contributed by atoms with Crippen LogP contribution in [0.3, 0.4) is 0 Å². The number of pyridine rings is 1. The molecule has 0 N–H and O–H groups in total. The smallest absolute Gasteiger partial charge is 0.416 e. The van der Waals surface area contributed by atoms with Gasteiger partial charge in [0, 0.05) is 12.4 Å². The lowest BCUT2D eigenvalue weighted by Crippen LogP contribution is -2.10. The largest absolute Gasteiger partial charge is 0.423 e. The zero-order valence-electron chi connectivity index (χ0n) is 9.52. The highest BCUT2D eigenvalue weighted by molar-refractivity contribution is 5.91. The van der Waals surface area contributed by atoms with Gasteiger partial charge in [0.25, 0.3) is 0 Å². The molecule has 0 atom stereocenters. The molecule has 3 nitrogen and oxygen atoms in total. The van der Waals surface area contributed by atoms with Crippen molar-refractivity contribution < 1.29 is 22.7 Å². The van der Waals surface area contributed by atoms with E-state index in [1.54, 1.807) is 0 Å². The zero-order chi connectivity index (χ0) is 13.9. The highest BCUT2D eigenvalue weighted by Gasteiger charge is 2.30. The Bertz CT molecular complexity index is 565. The summed E-state index contributed by atoms with van der Waals surface area (Å²) in [6, 6.07) is 6.77. The molecular formula is C13H8F3NO2. The van der Waals surface area contributed by atoms with Gasteiger partial charge in [-0.2, -0.15) is 13.2 Å². The lowest BCUT2D eigenvalue weighted by atomic mass is 10.1. The molecule has 0 spiro atoms. The molecule has 1 aromatic carbocycles. The van der Waals surface area contributed by atoms with Crippen LogP contribution < -0.4 is 4.74 Å². The molecule has 6 heteroatoms. The van der Waals surface area contributed by atoms with Gasteiger partial charge in [-0.05, 0) is 36.4 Å². The lowest BCUT2D eigenvalue weighted by molar-refractivity contribution is -0.137. The van der Waals surface area contributed by atoms with Crippen LogP contribution in [0, 0.1) is 0 Å². The fourth-order valence-electron chi connectivity index (χ4n) is 1.37. The third-order valence-corrected chi connectivity index (χ3v) is 2.31. The molecule has 2 rings (SSSR count). The predicted molar refractivity (Wildman–Crippen MR) is 60.6 cm³/mol. The first kappa shape index (κ1) is 13.1. The number of alkyl halides is 3. The van der Waals surface area contributed by atoms with Gasteiger partial charge in [0.15, 0.2) is 0 Å². The van der Waals surface area contributed by atoms with Gasteiger partial charge in [0.2, 0.25) is 0 Å². The number of benzene rings is 1. The van der Waals surface area contributed by atoms with Gasteiger partial charge in [-0.3, -0.25) is 4.98 Å². The van der Waals surface area contributed by atoms with Crippen LogP contribution in [0.1, 0.15) is 15.9 Å². The second-order valence-electron chi connectivity index (χ2n) is 3.65. The fraction of sp³-hybridized carbons (Fsp3) is 0.0769. The fourth-order valence-corrected chi connectivity index (χ4v) is 1.37. The van der Waals surface area contributed by atoms with Gasteiger partial charge in [-0.15, -0.1) is 0 Å². The molecule has 0 saturated carbocycles. The molecule has 0 aliphatic heterocycles. The first-order valence-electron chi connectivity index (χ1n) is 5.26. The number of nitrogens with zero attached hydrogens (tertiary/aromatic N) is 1. The Morgan fingerprint density at radius 1 is 1.00 bits per heavy atom. The molecule has 19 heavy (non-hydrogen) atoms. The lowest BCUT2D eigenvalue weighted by Gasteiger charge is -2.07. The molecule has 0 amide bonds. The van der Waals surface area contributed by atoms with E-state index in [4.69, 9.17) is 4.74 Å². The van der Waals surface area contributed by atoms with E-state index in [0.29, 0.717) is 0 Å². The van der Waals surface area contributed by atoms with Gasteiger partial charge in [-0.1, -0.05) is 0 Å². The van der Waals surface area contributed by atoms with Crippen LogP contribution in [0.15, 0.2) is 48.8 Å². The summed E-state index contributed by atoms with van der Waals surface area (Å²) < 4.78 is 42.0. The van der Waals surface area contributed by atoms with E-state index >= 15 is 0 Å². The summed E-state index contributed by atoms with van der Waals surface area (Å²) in [7, 11) is 0. The number of aromatic nitrogens is 1. The average Bonchev–Trinajstić information content (AvgIpc) is 2.39. The summed E-state index contributed by atoms with van der Waals surface area (Å²) in [5.41, 5.74) is -0.766. The summed E-state index contributed by atoms with van der Waals surface area (Å²) >= 11 is 0. The Morgan fingerprint density at radius 3 is 2.11 bits per heavy atom. The number of carbonyl (C=O) groups excluding carboxylic acids is 1. The van der Waals surface area contributed by atoms with Crippen molar-refractivity contribution in [3.63, 3.8) is 0 Å². The Labute approximate surface area is 106 Å². The van der Waals surface area contributed by atoms with Crippen molar-refractivity contribution in [2.45, 2.75) is 6.18 Å². The topological polar surface area (TPSA) is 39.2 Å². The van der Waals surface area contributed by atoms with E-state index in [1.807, 2.05) is 0 Å². The molecule has 1 heterocycles. The van der Waals surface area contributed by atoms with E-state index in [9.17, 15) is 18.0 Å². The molecule has 0 aliphatic carbocycles. The first-order chi connectivity index (χ1) is 8.97. The van der Waals surface area contributed by atoms with Gasteiger partial charge >= 0.3 is 12.1 Å². The highest BCUT2D eigenvalue weighted by atomic mass is 19.4. The predicted octanol–water partition coefficient (Wildman–Crippen LogP) is 3.32. The van der Waals surface area contributed by atoms with Crippen LogP contribution in [-0.2, 0) is 6.18 Å². The van der Waals surface area contributed by atoms with Gasteiger partial charge in [0.1, 0.15) is 5.75 Å². The number of rotatable bonds is 2. The summed E-state index contributed by atoms with van der Waals surface area (Å²) in [5, 5.41) is 0. The normalized spacial score (nSPS) is 11.1. The van der Waals surface area contributed by atoms with E-state index in [-0.39, 0.29) is 11.3 Å². The van der Waals surface area contributed by atoms with E-state index in [2.05, 4.69) is 4.98 Å². The van der Waals surface area contributed by atoms with E-state index < -0.39 is 17.7 Å². The maximum absolute atomic E-state index is 12.3. The third kappa shape index (κ3) is 3.31. The van der Waals surface area contributed by atoms with Crippen molar-refractivity contribution in [1.82, 2.24) is 4.98 Å². The molecule has 98 valence electrons. The maximum Gasteiger partial charge on any atom is 0.416 e. The zero-order valence-corrected chi connectivity index (χ0v) is 9.52. The average molecular weight is 267 g/mol. The van der Waals surface area contributed by atoms with Crippen molar-refractivity contribution in [3.8, 4) is 5.75 Å². The molecule has 0 unspecified atom stereocenters. The minimum Gasteiger partial charge on any atom is -0.423 e. The Kier molecular flexibility index (Phi) is 3.50. The van der Waals surface area contributed by atoms with Crippen molar-refractivity contribution in [3.05, 3.63) is 59.9 Å². The van der Waals surface area contributed by atoms with E-state index in [1.165, 1.54) is 24.5 Å². The first-order valence-corrected chi connectivity index (χ1v) is 5.26. The molecule has 2 aromatic rings. The van der Waals surface area contributed by atoms with Crippen LogP contribution >= 0.6 is 0 Å². The number of esters is 1. The summed E-state index contributed by atoms with van der Waals surface area (Å²) in [6.45, 7) is 0. The van der Waals surface area contributed by atoms with Crippen molar-refractivity contribution in [2.24, 2.45) is 0 Å². The Hall–Kier alpha value is -2.37. The Morgan fingerprint density at radius 2 is 1.58 bits per heavy atom. The Balaban J connectivity index is 2.12. The quantitative estimate of drug-likeness (QED) is 0.783. The third-order valence-electron chi connectivity index (χ3n) is 2.31. The van der Waals surface area contributed by atoms with Crippen molar-refractivity contribution in [2.75, 3.05) is 0 Å². The molecule has 0 aliphatic rings. The maximum atomic E-state index is 12.3. The molecule has 0 radical (unpaired) electrons. The molecule has 0 saturated heterocycles. The monoisotopic (exact) mass is 267 g/mol. The number of hydrogen-bond acceptors (Lipinski definition) is 3. The molecular weight excluding hydrogens is 259 g/mol. The van der Waals surface area contributed by atoms with Crippen LogP contribution in [0.2, 0.25) is 0 Å². The second-order valence-corrected chi connectivity index (χ2v) is 3.65. The summed E-state index contributed by atoms with van der Waals surface area (Å²) in [5.74, 6) is -0.445. The van der Waals surface area contributed by atoms with Gasteiger partial charge in [-0.25, -0.2) is 4.79 Å². The van der Waals surface area contributed by atoms with Gasteiger partial charge < -0.3 is 4.74 Å². The highest BCUT2D eigenvalue weighted by Crippen LogP contribution is 2.29. The van der Waals surface area contributed by atoms with Crippen LogP contribution in [0.25, 0.3) is 0 Å². The van der Waals surface area contributed by atoms with Crippen molar-refractivity contribution >= 4 is 5.97 Å². The number of hydrogen-bond donors (Lipinski definition) is 0. The number of halogens is 3. The van der Waals surface area contributed by atoms with Crippen LogP contribution in [0.5, 0.6) is 5.75 Å². The van der Waals surface area contributed by atoms with Crippen molar-refractivity contribution in [1.29, 1.82) is 0 Å². The minimum absolute atomic E-state index is 0.0461.